The van der Waals surface area contributed by atoms with Crippen LogP contribution in [0, 0.1) is 5.41 Å². The second-order valence-electron chi connectivity index (χ2n) is 6.83. The van der Waals surface area contributed by atoms with Gasteiger partial charge in [-0.2, -0.15) is 4.98 Å². The van der Waals surface area contributed by atoms with Gasteiger partial charge in [-0.1, -0.05) is 0 Å². The largest absolute Gasteiger partial charge is 0.481 e. The number of methoxy groups -OCH3 is 2. The Morgan fingerprint density at radius 1 is 1.12 bits per heavy atom. The van der Waals surface area contributed by atoms with Crippen LogP contribution in [0.5, 0.6) is 11.8 Å². The standard InChI is InChI=1S/C21H21N9O3/c1-32-15-10-13(11-16(27-15)33-2)17(26-14-6-4-12(5-7-14)18(22)23)19-28-21(31)30(29-19)20-24-8-3-9-25-20/h3-11,17,26H,1-2H3,(H3,22,23)(H,28,29,31)/t17-/m0/s1. The molecule has 0 saturated heterocycles. The summed E-state index contributed by atoms with van der Waals surface area (Å²) in [7, 11) is 3.00. The number of nitrogens with one attached hydrogen (secondary N) is 3. The second-order valence-corrected chi connectivity index (χ2v) is 6.83. The number of rotatable bonds is 8. The Labute approximate surface area is 188 Å². The van der Waals surface area contributed by atoms with Crippen molar-refractivity contribution in [2.75, 3.05) is 19.5 Å². The molecule has 3 aromatic heterocycles. The molecule has 3 heterocycles. The van der Waals surface area contributed by atoms with Crippen LogP contribution in [-0.4, -0.2) is 49.8 Å². The number of H-pyrrole nitrogens is 1. The Bertz CT molecular complexity index is 1290. The number of hydrogen-bond donors (Lipinski definition) is 4. The quantitative estimate of drug-likeness (QED) is 0.229. The molecule has 0 fully saturated rings. The predicted octanol–water partition coefficient (Wildman–Crippen LogP) is 1.25. The summed E-state index contributed by atoms with van der Waals surface area (Å²) in [6.45, 7) is 0. The van der Waals surface area contributed by atoms with Crippen LogP contribution in [0.4, 0.5) is 5.69 Å². The smallest absolute Gasteiger partial charge is 0.350 e. The van der Waals surface area contributed by atoms with Crippen molar-refractivity contribution in [3.8, 4) is 17.7 Å². The molecule has 12 heteroatoms. The fraction of sp³-hybridized carbons (Fsp3) is 0.143. The molecule has 0 spiro atoms. The van der Waals surface area contributed by atoms with Gasteiger partial charge >= 0.3 is 5.69 Å². The van der Waals surface area contributed by atoms with Crippen molar-refractivity contribution in [2.24, 2.45) is 5.73 Å². The molecule has 0 radical (unpaired) electrons. The van der Waals surface area contributed by atoms with Crippen LogP contribution < -0.4 is 26.2 Å². The fourth-order valence-corrected chi connectivity index (χ4v) is 3.10. The minimum atomic E-state index is -0.628. The van der Waals surface area contributed by atoms with Gasteiger partial charge in [0, 0.05) is 35.8 Å². The Hall–Kier alpha value is -4.74. The molecule has 1 atom stereocenters. The number of nitrogens with zero attached hydrogens (tertiary/aromatic N) is 5. The third-order valence-corrected chi connectivity index (χ3v) is 4.71. The molecule has 0 aliphatic carbocycles. The molecule has 0 saturated carbocycles. The molecule has 0 bridgehead atoms. The predicted molar refractivity (Wildman–Crippen MR) is 120 cm³/mol. The van der Waals surface area contributed by atoms with E-state index in [1.807, 2.05) is 0 Å². The van der Waals surface area contributed by atoms with Crippen LogP contribution in [0.3, 0.4) is 0 Å². The highest BCUT2D eigenvalue weighted by atomic mass is 16.5. The van der Waals surface area contributed by atoms with Gasteiger partial charge < -0.3 is 20.5 Å². The summed E-state index contributed by atoms with van der Waals surface area (Å²) < 4.78 is 11.7. The van der Waals surface area contributed by atoms with E-state index >= 15 is 0 Å². The van der Waals surface area contributed by atoms with Crippen LogP contribution >= 0.6 is 0 Å². The van der Waals surface area contributed by atoms with Gasteiger partial charge in [0.25, 0.3) is 5.95 Å². The topological polar surface area (TPSA) is 170 Å². The number of nitrogen functional groups attached to an aromatic ring is 1. The number of nitrogens with two attached hydrogens (primary N) is 1. The number of amidine groups is 1. The first kappa shape index (κ1) is 21.5. The van der Waals surface area contributed by atoms with Gasteiger partial charge in [-0.25, -0.2) is 14.8 Å². The lowest BCUT2D eigenvalue weighted by Gasteiger charge is -2.19. The normalized spacial score (nSPS) is 11.6. The van der Waals surface area contributed by atoms with Crippen molar-refractivity contribution in [1.82, 2.24) is 29.7 Å². The second kappa shape index (κ2) is 9.18. The lowest BCUT2D eigenvalue weighted by molar-refractivity contribution is 0.363. The first-order valence-corrected chi connectivity index (χ1v) is 9.76. The number of aromatic amines is 1. The number of hydrogen-bond acceptors (Lipinski definition) is 9. The van der Waals surface area contributed by atoms with Gasteiger partial charge in [-0.15, -0.1) is 9.78 Å². The van der Waals surface area contributed by atoms with Crippen LogP contribution in [0.1, 0.15) is 23.0 Å². The summed E-state index contributed by atoms with van der Waals surface area (Å²) >= 11 is 0. The zero-order valence-corrected chi connectivity index (χ0v) is 17.8. The molecular weight excluding hydrogens is 426 g/mol. The van der Waals surface area contributed by atoms with Gasteiger partial charge in [-0.3, -0.25) is 10.4 Å². The van der Waals surface area contributed by atoms with Crippen LogP contribution in [-0.2, 0) is 0 Å². The molecule has 12 nitrogen and oxygen atoms in total. The van der Waals surface area contributed by atoms with Crippen molar-refractivity contribution < 1.29 is 9.47 Å². The molecule has 5 N–H and O–H groups in total. The molecule has 0 aliphatic heterocycles. The van der Waals surface area contributed by atoms with Crippen molar-refractivity contribution in [3.63, 3.8) is 0 Å². The van der Waals surface area contributed by atoms with Crippen molar-refractivity contribution in [2.45, 2.75) is 6.04 Å². The number of benzene rings is 1. The van der Waals surface area contributed by atoms with E-state index in [2.05, 4.69) is 30.4 Å². The van der Waals surface area contributed by atoms with E-state index in [0.717, 1.165) is 4.68 Å². The molecule has 168 valence electrons. The minimum Gasteiger partial charge on any atom is -0.481 e. The van der Waals surface area contributed by atoms with E-state index in [9.17, 15) is 4.79 Å². The maximum absolute atomic E-state index is 12.6. The monoisotopic (exact) mass is 447 g/mol. The summed E-state index contributed by atoms with van der Waals surface area (Å²) in [5.41, 5.74) is 7.01. The number of anilines is 1. The van der Waals surface area contributed by atoms with Crippen LogP contribution in [0.2, 0.25) is 0 Å². The van der Waals surface area contributed by atoms with E-state index in [1.54, 1.807) is 42.5 Å². The highest BCUT2D eigenvalue weighted by molar-refractivity contribution is 5.95. The van der Waals surface area contributed by atoms with Gasteiger partial charge in [0.2, 0.25) is 11.8 Å². The minimum absolute atomic E-state index is 0.0346. The van der Waals surface area contributed by atoms with Gasteiger partial charge in [0.15, 0.2) is 5.82 Å². The SMILES string of the molecule is COc1cc([C@H](Nc2ccc(C(=N)N)cc2)c2nn(-c3ncccn3)c(=O)[nH]2)cc(OC)n1. The molecule has 0 unspecified atom stereocenters. The lowest BCUT2D eigenvalue weighted by Crippen LogP contribution is -2.18. The third-order valence-electron chi connectivity index (χ3n) is 4.71. The van der Waals surface area contributed by atoms with E-state index < -0.39 is 11.7 Å². The average molecular weight is 447 g/mol. The Balaban J connectivity index is 1.80. The molecule has 33 heavy (non-hydrogen) atoms. The van der Waals surface area contributed by atoms with Gasteiger partial charge in [0.1, 0.15) is 11.9 Å². The van der Waals surface area contributed by atoms with Crippen LogP contribution in [0.25, 0.3) is 5.95 Å². The number of aromatic nitrogens is 6. The van der Waals surface area contributed by atoms with Gasteiger partial charge in [-0.05, 0) is 35.9 Å². The lowest BCUT2D eigenvalue weighted by atomic mass is 10.1. The van der Waals surface area contributed by atoms with E-state index in [4.69, 9.17) is 20.6 Å². The third kappa shape index (κ3) is 4.63. The number of pyridine rings is 1. The van der Waals surface area contributed by atoms with E-state index in [-0.39, 0.29) is 11.8 Å². The van der Waals surface area contributed by atoms with E-state index in [0.29, 0.717) is 34.4 Å². The van der Waals surface area contributed by atoms with Crippen LogP contribution in [0.15, 0.2) is 59.7 Å². The maximum atomic E-state index is 12.6. The highest BCUT2D eigenvalue weighted by Crippen LogP contribution is 2.29. The first-order valence-electron chi connectivity index (χ1n) is 9.76. The van der Waals surface area contributed by atoms with Crippen molar-refractivity contribution >= 4 is 11.5 Å². The Morgan fingerprint density at radius 2 is 1.76 bits per heavy atom. The number of ether oxygens (including phenoxy) is 2. The zero-order valence-electron chi connectivity index (χ0n) is 17.8. The molecule has 4 aromatic rings. The average Bonchev–Trinajstić information content (AvgIpc) is 3.24. The molecule has 4 rings (SSSR count). The van der Waals surface area contributed by atoms with Gasteiger partial charge in [0.05, 0.1) is 14.2 Å². The molecule has 0 amide bonds. The Kier molecular flexibility index (Phi) is 5.98. The van der Waals surface area contributed by atoms with Crippen molar-refractivity contribution in [1.29, 1.82) is 5.41 Å². The summed E-state index contributed by atoms with van der Waals surface area (Å²) in [6.07, 6.45) is 3.04. The summed E-state index contributed by atoms with van der Waals surface area (Å²) in [4.78, 5) is 27.8. The molecular formula is C21H21N9O3. The zero-order chi connectivity index (χ0) is 23.4. The van der Waals surface area contributed by atoms with Crippen molar-refractivity contribution in [3.05, 3.63) is 82.3 Å². The summed E-state index contributed by atoms with van der Waals surface area (Å²) in [6, 6.07) is 11.4. The molecule has 0 aliphatic rings. The highest BCUT2D eigenvalue weighted by Gasteiger charge is 2.23. The van der Waals surface area contributed by atoms with E-state index in [1.165, 1.54) is 26.6 Å². The summed E-state index contributed by atoms with van der Waals surface area (Å²) in [5.74, 6) is 1.07. The fourth-order valence-electron chi connectivity index (χ4n) is 3.10. The Morgan fingerprint density at radius 3 is 2.33 bits per heavy atom. The molecule has 1 aromatic carbocycles. The first-order chi connectivity index (χ1) is 16.0. The summed E-state index contributed by atoms with van der Waals surface area (Å²) in [5, 5.41) is 15.3. The maximum Gasteiger partial charge on any atom is 0.350 e.